The average molecular weight is 253 g/mol. The van der Waals surface area contributed by atoms with Crippen molar-refractivity contribution in [3.05, 3.63) is 35.6 Å². The number of thioether (sulfide) groups is 1. The molecule has 17 heavy (non-hydrogen) atoms. The van der Waals surface area contributed by atoms with Gasteiger partial charge in [-0.25, -0.2) is 9.18 Å². The molecule has 90 valence electrons. The van der Waals surface area contributed by atoms with Crippen LogP contribution < -0.4 is 0 Å². The Balaban J connectivity index is 2.03. The van der Waals surface area contributed by atoms with E-state index in [1.54, 1.807) is 6.07 Å². The maximum absolute atomic E-state index is 13.0. The summed E-state index contributed by atoms with van der Waals surface area (Å²) in [6.45, 7) is 0. The smallest absolute Gasteiger partial charge is 0.331 e. The fraction of sp³-hybridized carbons (Fsp3) is 0.333. The van der Waals surface area contributed by atoms with Gasteiger partial charge < -0.3 is 4.74 Å². The largest absolute Gasteiger partial charge is 0.467 e. The highest BCUT2D eigenvalue weighted by Gasteiger charge is 2.25. The number of carbonyl (C=O) groups excluding carboxylic acids is 1. The molecule has 0 radical (unpaired) electrons. The lowest BCUT2D eigenvalue weighted by atomic mass is 10.1. The molecule has 2 rings (SSSR count). The number of carbonyl (C=O) groups is 1. The molecule has 0 amide bonds. The lowest BCUT2D eigenvalue weighted by Crippen LogP contribution is -2.19. The van der Waals surface area contributed by atoms with Gasteiger partial charge >= 0.3 is 5.97 Å². The summed E-state index contributed by atoms with van der Waals surface area (Å²) in [5.74, 6) is 0.0412. The lowest BCUT2D eigenvalue weighted by molar-refractivity contribution is -0.141. The first kappa shape index (κ1) is 12.1. The Morgan fingerprint density at radius 3 is 3.18 bits per heavy atom. The number of nitrogens with zero attached hydrogens (tertiary/aromatic N) is 1. The van der Waals surface area contributed by atoms with E-state index < -0.39 is 6.04 Å². The highest BCUT2D eigenvalue weighted by atomic mass is 32.2. The third-order valence-electron chi connectivity index (χ3n) is 2.43. The van der Waals surface area contributed by atoms with E-state index in [1.165, 1.54) is 31.0 Å². The number of hydrogen-bond donors (Lipinski definition) is 0. The molecule has 0 fully saturated rings. The Morgan fingerprint density at radius 1 is 1.65 bits per heavy atom. The quantitative estimate of drug-likeness (QED) is 0.774. The predicted octanol–water partition coefficient (Wildman–Crippen LogP) is 2.06. The second-order valence-electron chi connectivity index (χ2n) is 3.68. The van der Waals surface area contributed by atoms with Crippen LogP contribution in [0.1, 0.15) is 5.56 Å². The molecule has 0 bridgehead atoms. The number of aliphatic imine (C=N–C) groups is 1. The van der Waals surface area contributed by atoms with Crippen molar-refractivity contribution in [1.29, 1.82) is 0 Å². The summed E-state index contributed by atoms with van der Waals surface area (Å²) in [6, 6.07) is 5.99. The SMILES string of the molecule is COC(=O)[C@@H]1CSC(Cc2cccc(F)c2)=N1. The minimum Gasteiger partial charge on any atom is -0.467 e. The number of benzene rings is 1. The molecule has 5 heteroatoms. The molecule has 0 N–H and O–H groups in total. The molecule has 1 atom stereocenters. The number of hydrogen-bond acceptors (Lipinski definition) is 4. The molecule has 3 nitrogen and oxygen atoms in total. The van der Waals surface area contributed by atoms with Gasteiger partial charge in [-0.05, 0) is 17.7 Å². The topological polar surface area (TPSA) is 38.7 Å². The van der Waals surface area contributed by atoms with Crippen LogP contribution in [0.2, 0.25) is 0 Å². The predicted molar refractivity (Wildman–Crippen MR) is 65.8 cm³/mol. The summed E-state index contributed by atoms with van der Waals surface area (Å²) >= 11 is 1.52. The van der Waals surface area contributed by atoms with Crippen LogP contribution in [0.3, 0.4) is 0 Å². The Kier molecular flexibility index (Phi) is 3.78. The van der Waals surface area contributed by atoms with Crippen LogP contribution in [-0.4, -0.2) is 29.9 Å². The number of halogens is 1. The number of methoxy groups -OCH3 is 1. The van der Waals surface area contributed by atoms with Crippen molar-refractivity contribution >= 4 is 22.8 Å². The lowest BCUT2D eigenvalue weighted by Gasteiger charge is -2.01. The van der Waals surface area contributed by atoms with Crippen LogP contribution in [0.5, 0.6) is 0 Å². The van der Waals surface area contributed by atoms with E-state index in [-0.39, 0.29) is 11.8 Å². The van der Waals surface area contributed by atoms with Gasteiger partial charge in [-0.15, -0.1) is 11.8 Å². The Bertz CT molecular complexity index is 462. The fourth-order valence-electron chi connectivity index (χ4n) is 1.60. The Labute approximate surface area is 103 Å². The maximum atomic E-state index is 13.0. The van der Waals surface area contributed by atoms with Crippen molar-refractivity contribution in [1.82, 2.24) is 0 Å². The van der Waals surface area contributed by atoms with Gasteiger partial charge in [-0.1, -0.05) is 12.1 Å². The van der Waals surface area contributed by atoms with E-state index >= 15 is 0 Å². The fourth-order valence-corrected chi connectivity index (χ4v) is 2.63. The second-order valence-corrected chi connectivity index (χ2v) is 4.77. The van der Waals surface area contributed by atoms with Crippen molar-refractivity contribution in [2.45, 2.75) is 12.5 Å². The van der Waals surface area contributed by atoms with Gasteiger partial charge in [-0.2, -0.15) is 0 Å². The third kappa shape index (κ3) is 3.06. The number of ether oxygens (including phenoxy) is 1. The first-order valence-corrected chi connectivity index (χ1v) is 6.19. The molecule has 1 aliphatic heterocycles. The first-order chi connectivity index (χ1) is 8.19. The Morgan fingerprint density at radius 2 is 2.47 bits per heavy atom. The van der Waals surface area contributed by atoms with E-state index in [0.717, 1.165) is 10.6 Å². The van der Waals surface area contributed by atoms with Crippen molar-refractivity contribution < 1.29 is 13.9 Å². The van der Waals surface area contributed by atoms with Crippen LogP contribution in [-0.2, 0) is 16.0 Å². The molecule has 1 aliphatic rings. The van der Waals surface area contributed by atoms with E-state index in [9.17, 15) is 9.18 Å². The van der Waals surface area contributed by atoms with Crippen molar-refractivity contribution in [3.8, 4) is 0 Å². The van der Waals surface area contributed by atoms with Crippen LogP contribution in [0, 0.1) is 5.82 Å². The van der Waals surface area contributed by atoms with E-state index in [4.69, 9.17) is 0 Å². The van der Waals surface area contributed by atoms with Crippen molar-refractivity contribution in [2.24, 2.45) is 4.99 Å². The van der Waals surface area contributed by atoms with Crippen LogP contribution in [0.15, 0.2) is 29.3 Å². The molecule has 1 aromatic rings. The molecule has 0 saturated carbocycles. The number of rotatable bonds is 3. The van der Waals surface area contributed by atoms with Gasteiger partial charge in [0, 0.05) is 12.2 Å². The molecule has 0 unspecified atom stereocenters. The molecular formula is C12H12FNO2S. The third-order valence-corrected chi connectivity index (χ3v) is 3.49. The Hall–Kier alpha value is -1.36. The van der Waals surface area contributed by atoms with Crippen molar-refractivity contribution in [2.75, 3.05) is 12.9 Å². The highest BCUT2D eigenvalue weighted by molar-refractivity contribution is 8.14. The zero-order valence-corrected chi connectivity index (χ0v) is 10.2. The van der Waals surface area contributed by atoms with Gasteiger partial charge in [0.2, 0.25) is 0 Å². The van der Waals surface area contributed by atoms with Gasteiger partial charge in [-0.3, -0.25) is 4.99 Å². The average Bonchev–Trinajstić information content (AvgIpc) is 2.76. The monoisotopic (exact) mass is 253 g/mol. The van der Waals surface area contributed by atoms with E-state index in [2.05, 4.69) is 9.73 Å². The second kappa shape index (κ2) is 5.31. The normalized spacial score (nSPS) is 18.9. The molecule has 1 aromatic carbocycles. The molecule has 1 heterocycles. The first-order valence-electron chi connectivity index (χ1n) is 5.21. The zero-order valence-electron chi connectivity index (χ0n) is 9.35. The summed E-state index contributed by atoms with van der Waals surface area (Å²) in [6.07, 6.45) is 0.565. The maximum Gasteiger partial charge on any atom is 0.331 e. The van der Waals surface area contributed by atoms with Gasteiger partial charge in [0.05, 0.1) is 12.2 Å². The standard InChI is InChI=1S/C12H12FNO2S/c1-16-12(15)10-7-17-11(14-10)6-8-3-2-4-9(13)5-8/h2-5,10H,6-7H2,1H3/t10-/m0/s1. The zero-order chi connectivity index (χ0) is 12.3. The summed E-state index contributed by atoms with van der Waals surface area (Å²) in [7, 11) is 1.35. The molecular weight excluding hydrogens is 241 g/mol. The highest BCUT2D eigenvalue weighted by Crippen LogP contribution is 2.22. The van der Waals surface area contributed by atoms with Crippen molar-refractivity contribution in [3.63, 3.8) is 0 Å². The molecule has 0 saturated heterocycles. The van der Waals surface area contributed by atoms with Crippen LogP contribution >= 0.6 is 11.8 Å². The van der Waals surface area contributed by atoms with Gasteiger partial charge in [0.15, 0.2) is 6.04 Å². The molecule has 0 aliphatic carbocycles. The minimum atomic E-state index is -0.409. The minimum absolute atomic E-state index is 0.254. The summed E-state index contributed by atoms with van der Waals surface area (Å²) in [4.78, 5) is 15.5. The van der Waals surface area contributed by atoms with Gasteiger partial charge in [0.1, 0.15) is 5.82 Å². The van der Waals surface area contributed by atoms with E-state index in [0.29, 0.717) is 12.2 Å². The molecule has 0 aromatic heterocycles. The summed E-state index contributed by atoms with van der Waals surface area (Å²) in [5.41, 5.74) is 0.863. The van der Waals surface area contributed by atoms with Gasteiger partial charge in [0.25, 0.3) is 0 Å². The summed E-state index contributed by atoms with van der Waals surface area (Å²) < 4.78 is 17.6. The summed E-state index contributed by atoms with van der Waals surface area (Å²) in [5, 5.41) is 0.853. The van der Waals surface area contributed by atoms with Crippen LogP contribution in [0.25, 0.3) is 0 Å². The molecule has 0 spiro atoms. The van der Waals surface area contributed by atoms with Crippen LogP contribution in [0.4, 0.5) is 4.39 Å². The number of esters is 1. The van der Waals surface area contributed by atoms with E-state index in [1.807, 2.05) is 6.07 Å².